The summed E-state index contributed by atoms with van der Waals surface area (Å²) in [6.07, 6.45) is 10.2. The van der Waals surface area contributed by atoms with Crippen LogP contribution >= 0.6 is 0 Å². The molecule has 1 saturated heterocycles. The molecule has 12 nitrogen and oxygen atoms in total. The van der Waals surface area contributed by atoms with E-state index in [0.717, 1.165) is 66.7 Å². The fourth-order valence-corrected chi connectivity index (χ4v) is 5.03. The van der Waals surface area contributed by atoms with Gasteiger partial charge in [0.15, 0.2) is 0 Å². The van der Waals surface area contributed by atoms with Crippen molar-refractivity contribution >= 4 is 28.5 Å². The Kier molecular flexibility index (Phi) is 8.96. The summed E-state index contributed by atoms with van der Waals surface area (Å²) >= 11 is 0. The van der Waals surface area contributed by atoms with Crippen LogP contribution in [0.1, 0.15) is 43.9 Å². The normalized spacial score (nSPS) is 21.4. The minimum Gasteiger partial charge on any atom is -0.446 e. The van der Waals surface area contributed by atoms with Crippen molar-refractivity contribution in [3.63, 3.8) is 0 Å². The van der Waals surface area contributed by atoms with Crippen molar-refractivity contribution in [3.8, 4) is 0 Å². The Bertz CT molecular complexity index is 1280. The highest BCUT2D eigenvalue weighted by atomic mass is 16.6. The van der Waals surface area contributed by atoms with E-state index in [1.54, 1.807) is 18.6 Å². The van der Waals surface area contributed by atoms with E-state index in [1.807, 2.05) is 37.0 Å². The first kappa shape index (κ1) is 27.0. The molecule has 0 spiro atoms. The number of carbonyl (C=O) groups excluding carboxylic acids is 1. The summed E-state index contributed by atoms with van der Waals surface area (Å²) in [7, 11) is 1.91. The molecule has 39 heavy (non-hydrogen) atoms. The molecular formula is C27H36N8O4. The summed E-state index contributed by atoms with van der Waals surface area (Å²) in [6, 6.07) is 3.75. The quantitative estimate of drug-likeness (QED) is 0.203. The maximum atomic E-state index is 12.2. The molecule has 1 amide bonds. The van der Waals surface area contributed by atoms with E-state index in [-0.39, 0.29) is 12.2 Å². The lowest BCUT2D eigenvalue weighted by atomic mass is 10.1. The third-order valence-corrected chi connectivity index (χ3v) is 7.02. The van der Waals surface area contributed by atoms with E-state index in [9.17, 15) is 4.79 Å². The predicted octanol–water partition coefficient (Wildman–Crippen LogP) is 2.91. The minimum absolute atomic E-state index is 0.0756. The molecule has 1 aliphatic carbocycles. The van der Waals surface area contributed by atoms with Crippen LogP contribution in [0.5, 0.6) is 0 Å². The van der Waals surface area contributed by atoms with Crippen LogP contribution in [0.4, 0.5) is 10.5 Å². The van der Waals surface area contributed by atoms with Gasteiger partial charge in [-0.2, -0.15) is 5.10 Å². The number of aryl methyl sites for hydroxylation is 1. The number of hydrogen-bond donors (Lipinski definition) is 3. The van der Waals surface area contributed by atoms with E-state index < -0.39 is 6.09 Å². The molecule has 3 aromatic rings. The maximum absolute atomic E-state index is 12.2. The van der Waals surface area contributed by atoms with Crippen LogP contribution in [0.3, 0.4) is 0 Å². The number of hydrazine groups is 1. The average molecular weight is 537 g/mol. The molecule has 2 fully saturated rings. The van der Waals surface area contributed by atoms with Gasteiger partial charge in [0, 0.05) is 50.7 Å². The van der Waals surface area contributed by atoms with Crippen molar-refractivity contribution in [3.05, 3.63) is 48.2 Å². The topological polar surface area (TPSA) is 137 Å². The van der Waals surface area contributed by atoms with Crippen LogP contribution in [0.25, 0.3) is 10.9 Å². The number of amides is 1. The summed E-state index contributed by atoms with van der Waals surface area (Å²) in [5.41, 5.74) is 9.87. The Hall–Kier alpha value is -3.61. The van der Waals surface area contributed by atoms with Gasteiger partial charge in [-0.15, -0.1) is 0 Å². The minimum atomic E-state index is -0.390. The number of ether oxygens (including phenoxy) is 3. The number of fused-ring (bicyclic) bond motifs is 1. The largest absolute Gasteiger partial charge is 0.446 e. The molecule has 2 aliphatic rings. The molecule has 12 heteroatoms. The number of alkyl carbamates (subject to hydrolysis) is 1. The first-order chi connectivity index (χ1) is 19.0. The zero-order valence-electron chi connectivity index (χ0n) is 22.4. The number of nitrogens with one attached hydrogen (secondary N) is 3. The van der Waals surface area contributed by atoms with E-state index in [1.165, 1.54) is 0 Å². The van der Waals surface area contributed by atoms with Gasteiger partial charge < -0.3 is 25.0 Å². The monoisotopic (exact) mass is 536 g/mol. The second kappa shape index (κ2) is 13.0. The zero-order chi connectivity index (χ0) is 27.0. The second-order valence-corrected chi connectivity index (χ2v) is 10.0. The third kappa shape index (κ3) is 7.28. The van der Waals surface area contributed by atoms with Crippen LogP contribution in [-0.2, 0) is 34.4 Å². The Morgan fingerprint density at radius 3 is 2.95 bits per heavy atom. The van der Waals surface area contributed by atoms with Gasteiger partial charge in [0.05, 0.1) is 36.7 Å². The highest BCUT2D eigenvalue weighted by Gasteiger charge is 2.27. The van der Waals surface area contributed by atoms with Crippen LogP contribution in [-0.4, -0.2) is 63.6 Å². The number of hydrogen-bond acceptors (Lipinski definition) is 9. The zero-order valence-corrected chi connectivity index (χ0v) is 22.4. The van der Waals surface area contributed by atoms with Gasteiger partial charge in [-0.25, -0.2) is 15.2 Å². The summed E-state index contributed by atoms with van der Waals surface area (Å²) in [5.74, 6) is 1.11. The van der Waals surface area contributed by atoms with Gasteiger partial charge in [0.2, 0.25) is 0 Å². The Morgan fingerprint density at radius 2 is 2.13 bits per heavy atom. The fraction of sp³-hybridized carbons (Fsp3) is 0.519. The molecular weight excluding hydrogens is 500 g/mol. The average Bonchev–Trinajstić information content (AvgIpc) is 3.69. The first-order valence-corrected chi connectivity index (χ1v) is 13.4. The van der Waals surface area contributed by atoms with Crippen molar-refractivity contribution in [2.75, 3.05) is 19.8 Å². The molecule has 0 radical (unpaired) electrons. The standard InChI is InChI=1S/C27H36N8O4/c1-18(32-24-15-29-14-23-25(34-35(2)26(23)24)17-38-22-7-9-37-16-22)33-31-13-19-5-6-21(10-19)39-27(36)30-12-20-4-3-8-28-11-20/h3-4,8,11,14-15,19,21-22,31H,5-7,9-10,12-13,16-17H2,1-2H3,(H,30,36)(H,32,33)/t19-,21+,22?/m0/s1. The number of nitrogens with zero attached hydrogens (tertiary/aromatic N) is 5. The fourth-order valence-electron chi connectivity index (χ4n) is 5.03. The number of aliphatic imine (C=N–C) groups is 1. The molecule has 1 saturated carbocycles. The highest BCUT2D eigenvalue weighted by molar-refractivity contribution is 5.93. The van der Waals surface area contributed by atoms with Crippen LogP contribution in [0, 0.1) is 5.92 Å². The van der Waals surface area contributed by atoms with Crippen LogP contribution in [0.2, 0.25) is 0 Å². The van der Waals surface area contributed by atoms with E-state index in [4.69, 9.17) is 19.2 Å². The van der Waals surface area contributed by atoms with Gasteiger partial charge >= 0.3 is 6.09 Å². The highest BCUT2D eigenvalue weighted by Crippen LogP contribution is 2.28. The maximum Gasteiger partial charge on any atom is 0.407 e. The lowest BCUT2D eigenvalue weighted by Gasteiger charge is -2.15. The SMILES string of the molecule is CC(=Nc1cncc2c(COC3CCOC3)nn(C)c12)NNC[C@H]1CC[C@@H](OC(=O)NCc2cccnc2)C1. The lowest BCUT2D eigenvalue weighted by molar-refractivity contribution is 0.0304. The van der Waals surface area contributed by atoms with Crippen LogP contribution < -0.4 is 16.2 Å². The molecule has 1 unspecified atom stereocenters. The van der Waals surface area contributed by atoms with Crippen molar-refractivity contribution in [2.45, 2.75) is 58.0 Å². The molecule has 5 rings (SSSR count). The smallest absolute Gasteiger partial charge is 0.407 e. The van der Waals surface area contributed by atoms with Gasteiger partial charge in [-0.05, 0) is 50.2 Å². The van der Waals surface area contributed by atoms with Gasteiger partial charge in [0.1, 0.15) is 17.6 Å². The Balaban J connectivity index is 1.07. The lowest BCUT2D eigenvalue weighted by Crippen LogP contribution is -2.38. The van der Waals surface area contributed by atoms with Gasteiger partial charge in [-0.3, -0.25) is 14.6 Å². The number of pyridine rings is 2. The van der Waals surface area contributed by atoms with Gasteiger partial charge in [-0.1, -0.05) is 6.07 Å². The Labute approximate surface area is 227 Å². The number of aromatic nitrogens is 4. The predicted molar refractivity (Wildman–Crippen MR) is 145 cm³/mol. The molecule has 3 atom stereocenters. The molecule has 208 valence electrons. The third-order valence-electron chi connectivity index (χ3n) is 7.02. The molecule has 4 heterocycles. The van der Waals surface area contributed by atoms with Crippen molar-refractivity contribution in [1.29, 1.82) is 0 Å². The molecule has 0 aromatic carbocycles. The van der Waals surface area contributed by atoms with Crippen molar-refractivity contribution < 1.29 is 19.0 Å². The second-order valence-electron chi connectivity index (χ2n) is 10.0. The first-order valence-electron chi connectivity index (χ1n) is 13.4. The van der Waals surface area contributed by atoms with Gasteiger partial charge in [0.25, 0.3) is 0 Å². The number of amidine groups is 1. The number of rotatable bonds is 10. The summed E-state index contributed by atoms with van der Waals surface area (Å²) in [6.45, 7) is 4.84. The van der Waals surface area contributed by atoms with E-state index >= 15 is 0 Å². The van der Waals surface area contributed by atoms with Crippen molar-refractivity contribution in [1.82, 2.24) is 35.9 Å². The molecule has 3 aromatic heterocycles. The summed E-state index contributed by atoms with van der Waals surface area (Å²) < 4.78 is 18.8. The molecule has 1 aliphatic heterocycles. The Morgan fingerprint density at radius 1 is 1.21 bits per heavy atom. The number of carbonyl (C=O) groups is 1. The van der Waals surface area contributed by atoms with E-state index in [0.29, 0.717) is 31.5 Å². The van der Waals surface area contributed by atoms with Crippen molar-refractivity contribution in [2.24, 2.45) is 18.0 Å². The van der Waals surface area contributed by atoms with E-state index in [2.05, 4.69) is 31.2 Å². The summed E-state index contributed by atoms with van der Waals surface area (Å²) in [5, 5.41) is 8.37. The summed E-state index contributed by atoms with van der Waals surface area (Å²) in [4.78, 5) is 25.3. The van der Waals surface area contributed by atoms with Crippen LogP contribution in [0.15, 0.2) is 41.9 Å². The molecule has 3 N–H and O–H groups in total. The molecule has 0 bridgehead atoms.